The number of pyridine rings is 1. The number of rotatable bonds is 11. The van der Waals surface area contributed by atoms with E-state index in [1.165, 1.54) is 25.7 Å². The first-order valence-electron chi connectivity index (χ1n) is 12.1. The normalized spacial score (nSPS) is 15.1. The van der Waals surface area contributed by atoms with Crippen molar-refractivity contribution in [3.05, 3.63) is 69.1 Å². The van der Waals surface area contributed by atoms with Gasteiger partial charge in [-0.2, -0.15) is 0 Å². The number of benzene rings is 1. The third-order valence-electron chi connectivity index (χ3n) is 6.46. The molecule has 0 N–H and O–H groups in total. The smallest absolute Gasteiger partial charge is 0.258 e. The van der Waals surface area contributed by atoms with Crippen molar-refractivity contribution >= 4 is 29.1 Å². The molecule has 1 fully saturated rings. The van der Waals surface area contributed by atoms with E-state index in [-0.39, 0.29) is 5.56 Å². The highest BCUT2D eigenvalue weighted by atomic mass is 35.5. The zero-order valence-electron chi connectivity index (χ0n) is 19.8. The van der Waals surface area contributed by atoms with Gasteiger partial charge in [0.25, 0.3) is 5.56 Å². The molecule has 1 saturated carbocycles. The van der Waals surface area contributed by atoms with Crippen LogP contribution < -0.4 is 5.56 Å². The maximum atomic E-state index is 13.1. The first kappa shape index (κ1) is 25.1. The molecular formula is C27H37ClN2OS. The van der Waals surface area contributed by atoms with E-state index in [0.717, 1.165) is 65.0 Å². The Morgan fingerprint density at radius 3 is 2.59 bits per heavy atom. The first-order valence-corrected chi connectivity index (χ1v) is 13.5. The molecule has 0 radical (unpaired) electrons. The van der Waals surface area contributed by atoms with Gasteiger partial charge < -0.3 is 4.90 Å². The molecule has 0 amide bonds. The number of hydrogen-bond acceptors (Lipinski definition) is 3. The minimum absolute atomic E-state index is 0.0743. The molecule has 0 atom stereocenters. The summed E-state index contributed by atoms with van der Waals surface area (Å²) in [7, 11) is 0. The van der Waals surface area contributed by atoms with Gasteiger partial charge in [-0.05, 0) is 80.8 Å². The Bertz CT molecular complexity index is 958. The zero-order chi connectivity index (χ0) is 22.9. The van der Waals surface area contributed by atoms with E-state index in [0.29, 0.717) is 5.92 Å². The van der Waals surface area contributed by atoms with Crippen LogP contribution in [0, 0.1) is 5.92 Å². The van der Waals surface area contributed by atoms with Gasteiger partial charge in [-0.1, -0.05) is 63.4 Å². The number of allylic oxidation sites excluding steroid dienone is 1. The van der Waals surface area contributed by atoms with Crippen LogP contribution in [0.1, 0.15) is 64.0 Å². The van der Waals surface area contributed by atoms with Crippen LogP contribution in [-0.2, 0) is 6.42 Å². The molecule has 3 rings (SSSR count). The van der Waals surface area contributed by atoms with Crippen molar-refractivity contribution in [2.24, 2.45) is 5.92 Å². The fourth-order valence-corrected chi connectivity index (χ4v) is 5.65. The molecule has 1 aliphatic carbocycles. The second kappa shape index (κ2) is 12.7. The molecule has 0 saturated heterocycles. The number of nitrogens with zero attached hydrogens (tertiary/aromatic N) is 2. The Labute approximate surface area is 202 Å². The second-order valence-corrected chi connectivity index (χ2v) is 10.1. The Balaban J connectivity index is 1.83. The van der Waals surface area contributed by atoms with Gasteiger partial charge in [0.1, 0.15) is 0 Å². The van der Waals surface area contributed by atoms with Gasteiger partial charge in [0, 0.05) is 16.7 Å². The van der Waals surface area contributed by atoms with Crippen LogP contribution in [0.25, 0.3) is 5.70 Å². The maximum absolute atomic E-state index is 13.1. The molecule has 5 heteroatoms. The quantitative estimate of drug-likeness (QED) is 0.261. The number of aryl methyl sites for hydroxylation is 1. The van der Waals surface area contributed by atoms with Crippen LogP contribution in [0.3, 0.4) is 0 Å². The van der Waals surface area contributed by atoms with E-state index in [2.05, 4.69) is 37.0 Å². The molecule has 2 aromatic rings. The molecule has 0 unspecified atom stereocenters. The van der Waals surface area contributed by atoms with E-state index in [4.69, 9.17) is 11.6 Å². The molecule has 1 aliphatic rings. The summed E-state index contributed by atoms with van der Waals surface area (Å²) in [6, 6.07) is 10.2. The SMILES string of the molecule is CCc1cccn(/C(=C/C2CCCC2)c2ccc(SCCCN(CC)CC)c(Cl)c2)c1=O. The fraction of sp³-hybridized carbons (Fsp3) is 0.519. The summed E-state index contributed by atoms with van der Waals surface area (Å²) in [4.78, 5) is 16.7. The summed E-state index contributed by atoms with van der Waals surface area (Å²) in [5.74, 6) is 1.58. The van der Waals surface area contributed by atoms with Gasteiger partial charge in [0.2, 0.25) is 0 Å². The van der Waals surface area contributed by atoms with Gasteiger partial charge in [0.05, 0.1) is 10.7 Å². The molecule has 1 aromatic carbocycles. The van der Waals surface area contributed by atoms with Crippen LogP contribution in [0.4, 0.5) is 0 Å². The van der Waals surface area contributed by atoms with E-state index in [1.807, 2.05) is 47.6 Å². The van der Waals surface area contributed by atoms with Crippen molar-refractivity contribution in [2.45, 2.75) is 64.2 Å². The van der Waals surface area contributed by atoms with Gasteiger partial charge in [-0.15, -0.1) is 11.8 Å². The average Bonchev–Trinajstić information content (AvgIpc) is 3.32. The Morgan fingerprint density at radius 1 is 1.19 bits per heavy atom. The lowest BCUT2D eigenvalue weighted by Crippen LogP contribution is -2.24. The lowest BCUT2D eigenvalue weighted by molar-refractivity contribution is 0.305. The summed E-state index contributed by atoms with van der Waals surface area (Å²) in [6.45, 7) is 9.79. The van der Waals surface area contributed by atoms with Crippen molar-refractivity contribution in [2.75, 3.05) is 25.4 Å². The molecule has 32 heavy (non-hydrogen) atoms. The summed E-state index contributed by atoms with van der Waals surface area (Å²) in [5, 5.41) is 0.771. The largest absolute Gasteiger partial charge is 0.304 e. The summed E-state index contributed by atoms with van der Waals surface area (Å²) in [6.07, 6.45) is 11.0. The van der Waals surface area contributed by atoms with Crippen LogP contribution in [0.5, 0.6) is 0 Å². The van der Waals surface area contributed by atoms with Crippen LogP contribution >= 0.6 is 23.4 Å². The van der Waals surface area contributed by atoms with Gasteiger partial charge >= 0.3 is 0 Å². The topological polar surface area (TPSA) is 25.2 Å². The third-order valence-corrected chi connectivity index (χ3v) is 8.04. The van der Waals surface area contributed by atoms with Gasteiger partial charge in [0.15, 0.2) is 0 Å². The highest BCUT2D eigenvalue weighted by Gasteiger charge is 2.17. The first-order chi connectivity index (χ1) is 15.6. The molecule has 0 aliphatic heterocycles. The van der Waals surface area contributed by atoms with Gasteiger partial charge in [-0.3, -0.25) is 9.36 Å². The highest BCUT2D eigenvalue weighted by molar-refractivity contribution is 7.99. The zero-order valence-corrected chi connectivity index (χ0v) is 21.4. The van der Waals surface area contributed by atoms with Crippen molar-refractivity contribution in [1.82, 2.24) is 9.47 Å². The van der Waals surface area contributed by atoms with Crippen LogP contribution in [0.2, 0.25) is 5.02 Å². The molecule has 0 spiro atoms. The van der Waals surface area contributed by atoms with Crippen molar-refractivity contribution < 1.29 is 0 Å². The predicted molar refractivity (Wildman–Crippen MR) is 140 cm³/mol. The van der Waals surface area contributed by atoms with Crippen LogP contribution in [-0.4, -0.2) is 34.9 Å². The van der Waals surface area contributed by atoms with E-state index >= 15 is 0 Å². The Kier molecular flexibility index (Phi) is 9.95. The lowest BCUT2D eigenvalue weighted by Gasteiger charge is -2.18. The summed E-state index contributed by atoms with van der Waals surface area (Å²) < 4.78 is 1.82. The predicted octanol–water partition coefficient (Wildman–Crippen LogP) is 6.97. The number of hydrogen-bond donors (Lipinski definition) is 0. The Hall–Kier alpha value is -1.49. The molecule has 0 bridgehead atoms. The molecule has 1 aromatic heterocycles. The van der Waals surface area contributed by atoms with E-state index in [9.17, 15) is 4.79 Å². The van der Waals surface area contributed by atoms with Crippen LogP contribution in [0.15, 0.2) is 52.3 Å². The fourth-order valence-electron chi connectivity index (χ4n) is 4.45. The molecular weight excluding hydrogens is 436 g/mol. The van der Waals surface area contributed by atoms with Gasteiger partial charge in [-0.25, -0.2) is 0 Å². The number of halogens is 1. The summed E-state index contributed by atoms with van der Waals surface area (Å²) in [5.41, 5.74) is 2.91. The minimum atomic E-state index is 0.0743. The Morgan fingerprint density at radius 2 is 1.94 bits per heavy atom. The number of aromatic nitrogens is 1. The lowest BCUT2D eigenvalue weighted by atomic mass is 10.0. The highest BCUT2D eigenvalue weighted by Crippen LogP contribution is 2.33. The molecule has 1 heterocycles. The standard InChI is InChI=1S/C27H37ClN2OS/c1-4-22-13-9-17-30(27(22)31)25(19-21-11-7-8-12-21)23-14-15-26(24(28)20-23)32-18-10-16-29(5-2)6-3/h9,13-15,17,19-21H,4-8,10-12,16,18H2,1-3H3/b25-19+. The van der Waals surface area contributed by atoms with Crippen molar-refractivity contribution in [1.29, 1.82) is 0 Å². The third kappa shape index (κ3) is 6.52. The van der Waals surface area contributed by atoms with Crippen molar-refractivity contribution in [3.63, 3.8) is 0 Å². The van der Waals surface area contributed by atoms with E-state index < -0.39 is 0 Å². The number of thioether (sulfide) groups is 1. The average molecular weight is 473 g/mol. The minimum Gasteiger partial charge on any atom is -0.304 e. The molecule has 3 nitrogen and oxygen atoms in total. The summed E-state index contributed by atoms with van der Waals surface area (Å²) >= 11 is 8.55. The van der Waals surface area contributed by atoms with Crippen molar-refractivity contribution in [3.8, 4) is 0 Å². The monoisotopic (exact) mass is 472 g/mol. The maximum Gasteiger partial charge on any atom is 0.258 e. The second-order valence-electron chi connectivity index (χ2n) is 8.53. The molecule has 174 valence electrons. The van der Waals surface area contributed by atoms with E-state index in [1.54, 1.807) is 0 Å².